The molecule has 0 bridgehead atoms. The maximum atomic E-state index is 12.7. The molecule has 1 aromatic carbocycles. The van der Waals surface area contributed by atoms with Gasteiger partial charge in [0.25, 0.3) is 5.91 Å². The number of rotatable bonds is 7. The SMILES string of the molecule is CCCNC(=O)CNC(=O)c1cc(S(=O)(=O)N2CCOCC2)ccc1Cl. The highest BCUT2D eigenvalue weighted by Gasteiger charge is 2.27. The first kappa shape index (κ1) is 20.6. The number of nitrogens with one attached hydrogen (secondary N) is 2. The van der Waals surface area contributed by atoms with Gasteiger partial charge in [0.2, 0.25) is 15.9 Å². The molecule has 1 aliphatic heterocycles. The normalized spacial score (nSPS) is 15.5. The Morgan fingerprint density at radius 1 is 1.23 bits per heavy atom. The largest absolute Gasteiger partial charge is 0.379 e. The summed E-state index contributed by atoms with van der Waals surface area (Å²) in [6, 6.07) is 3.95. The molecule has 2 rings (SSSR count). The average Bonchev–Trinajstić information content (AvgIpc) is 2.65. The van der Waals surface area contributed by atoms with Crippen molar-refractivity contribution in [1.82, 2.24) is 14.9 Å². The second kappa shape index (κ2) is 9.31. The first-order valence-corrected chi connectivity index (χ1v) is 10.1. The fourth-order valence-electron chi connectivity index (χ4n) is 2.36. The number of amides is 2. The van der Waals surface area contributed by atoms with Crippen LogP contribution in [0, 0.1) is 0 Å². The second-order valence-electron chi connectivity index (χ2n) is 5.69. The molecule has 0 spiro atoms. The molecule has 10 heteroatoms. The smallest absolute Gasteiger partial charge is 0.253 e. The van der Waals surface area contributed by atoms with Gasteiger partial charge in [-0.1, -0.05) is 18.5 Å². The van der Waals surface area contributed by atoms with Gasteiger partial charge in [0.05, 0.1) is 35.2 Å². The molecule has 0 saturated carbocycles. The highest BCUT2D eigenvalue weighted by Crippen LogP contribution is 2.23. The average molecular weight is 404 g/mol. The third-order valence-corrected chi connectivity index (χ3v) is 6.00. The predicted molar refractivity (Wildman–Crippen MR) is 96.7 cm³/mol. The van der Waals surface area contributed by atoms with E-state index in [4.69, 9.17) is 16.3 Å². The number of halogens is 1. The van der Waals surface area contributed by atoms with Crippen LogP contribution < -0.4 is 10.6 Å². The van der Waals surface area contributed by atoms with Crippen molar-refractivity contribution in [2.75, 3.05) is 39.4 Å². The number of hydrogen-bond acceptors (Lipinski definition) is 5. The Labute approximate surface area is 157 Å². The van der Waals surface area contributed by atoms with Gasteiger partial charge in [0.1, 0.15) is 0 Å². The van der Waals surface area contributed by atoms with E-state index in [9.17, 15) is 18.0 Å². The number of hydrogen-bond donors (Lipinski definition) is 2. The van der Waals surface area contributed by atoms with Crippen molar-refractivity contribution in [1.29, 1.82) is 0 Å². The van der Waals surface area contributed by atoms with Gasteiger partial charge < -0.3 is 15.4 Å². The number of morpholine rings is 1. The fourth-order valence-corrected chi connectivity index (χ4v) is 4.00. The third-order valence-electron chi connectivity index (χ3n) is 3.77. The van der Waals surface area contributed by atoms with Gasteiger partial charge in [-0.25, -0.2) is 8.42 Å². The Kier molecular flexibility index (Phi) is 7.39. The summed E-state index contributed by atoms with van der Waals surface area (Å²) in [4.78, 5) is 23.9. The third kappa shape index (κ3) is 5.16. The minimum Gasteiger partial charge on any atom is -0.379 e. The molecule has 0 unspecified atom stereocenters. The zero-order valence-electron chi connectivity index (χ0n) is 14.5. The summed E-state index contributed by atoms with van der Waals surface area (Å²) in [6.07, 6.45) is 0.785. The lowest BCUT2D eigenvalue weighted by molar-refractivity contribution is -0.120. The molecule has 0 aliphatic carbocycles. The first-order chi connectivity index (χ1) is 12.4. The van der Waals surface area contributed by atoms with E-state index < -0.39 is 15.9 Å². The molecule has 0 radical (unpaired) electrons. The van der Waals surface area contributed by atoms with Crippen LogP contribution in [0.3, 0.4) is 0 Å². The lowest BCUT2D eigenvalue weighted by Gasteiger charge is -2.26. The molecule has 0 atom stereocenters. The van der Waals surface area contributed by atoms with Crippen molar-refractivity contribution >= 4 is 33.4 Å². The zero-order valence-corrected chi connectivity index (χ0v) is 16.0. The Balaban J connectivity index is 2.13. The van der Waals surface area contributed by atoms with E-state index in [-0.39, 0.29) is 41.0 Å². The van der Waals surface area contributed by atoms with Crippen LogP contribution in [0.4, 0.5) is 0 Å². The fraction of sp³-hybridized carbons (Fsp3) is 0.500. The second-order valence-corrected chi connectivity index (χ2v) is 8.04. The van der Waals surface area contributed by atoms with E-state index >= 15 is 0 Å². The molecule has 26 heavy (non-hydrogen) atoms. The van der Waals surface area contributed by atoms with Gasteiger partial charge in [0, 0.05) is 19.6 Å². The summed E-state index contributed by atoms with van der Waals surface area (Å²) in [5, 5.41) is 5.18. The molecule has 8 nitrogen and oxygen atoms in total. The zero-order chi connectivity index (χ0) is 19.2. The highest BCUT2D eigenvalue weighted by atomic mass is 35.5. The van der Waals surface area contributed by atoms with Crippen LogP contribution in [0.1, 0.15) is 23.7 Å². The number of nitrogens with zero attached hydrogens (tertiary/aromatic N) is 1. The van der Waals surface area contributed by atoms with Gasteiger partial charge in [0.15, 0.2) is 0 Å². The van der Waals surface area contributed by atoms with Crippen molar-refractivity contribution in [3.8, 4) is 0 Å². The molecule has 1 heterocycles. The van der Waals surface area contributed by atoms with Gasteiger partial charge >= 0.3 is 0 Å². The summed E-state index contributed by atoms with van der Waals surface area (Å²) in [6.45, 7) is 3.38. The topological polar surface area (TPSA) is 105 Å². The van der Waals surface area contributed by atoms with E-state index in [0.29, 0.717) is 19.8 Å². The Morgan fingerprint density at radius 3 is 2.58 bits per heavy atom. The van der Waals surface area contributed by atoms with Gasteiger partial charge in [-0.3, -0.25) is 9.59 Å². The molecule has 0 aromatic heterocycles. The van der Waals surface area contributed by atoms with E-state index in [1.807, 2.05) is 6.92 Å². The van der Waals surface area contributed by atoms with Crippen LogP contribution in [0.25, 0.3) is 0 Å². The molecule has 1 saturated heterocycles. The Bertz CT molecular complexity index is 763. The van der Waals surface area contributed by atoms with Crippen LogP contribution in [0.15, 0.2) is 23.1 Å². The summed E-state index contributed by atoms with van der Waals surface area (Å²) in [5.74, 6) is -0.936. The minimum absolute atomic E-state index is 0.00397. The molecule has 1 aromatic rings. The van der Waals surface area contributed by atoms with Crippen molar-refractivity contribution in [2.24, 2.45) is 0 Å². The number of benzene rings is 1. The van der Waals surface area contributed by atoms with Crippen molar-refractivity contribution < 1.29 is 22.7 Å². The summed E-state index contributed by atoms with van der Waals surface area (Å²) in [7, 11) is -3.74. The van der Waals surface area contributed by atoms with Crippen LogP contribution in [0.5, 0.6) is 0 Å². The summed E-state index contributed by atoms with van der Waals surface area (Å²) in [5.41, 5.74) is 0.00397. The number of sulfonamides is 1. The molecule has 144 valence electrons. The lowest BCUT2D eigenvalue weighted by atomic mass is 10.2. The molecule has 1 fully saturated rings. The first-order valence-electron chi connectivity index (χ1n) is 8.28. The number of ether oxygens (including phenoxy) is 1. The van der Waals surface area contributed by atoms with E-state index in [0.717, 1.165) is 6.42 Å². The monoisotopic (exact) mass is 403 g/mol. The van der Waals surface area contributed by atoms with E-state index in [2.05, 4.69) is 10.6 Å². The van der Waals surface area contributed by atoms with Gasteiger partial charge in [-0.15, -0.1) is 0 Å². The standard InChI is InChI=1S/C16H22ClN3O5S/c1-2-5-18-15(21)11-19-16(22)13-10-12(3-4-14(13)17)26(23,24)20-6-8-25-9-7-20/h3-4,10H,2,5-9,11H2,1H3,(H,18,21)(H,19,22). The summed E-state index contributed by atoms with van der Waals surface area (Å²) < 4.78 is 31.8. The Morgan fingerprint density at radius 2 is 1.92 bits per heavy atom. The minimum atomic E-state index is -3.74. The molecular weight excluding hydrogens is 382 g/mol. The predicted octanol–water partition coefficient (Wildman–Crippen LogP) is 0.617. The quantitative estimate of drug-likeness (QED) is 0.694. The molecule has 2 amide bonds. The lowest BCUT2D eigenvalue weighted by Crippen LogP contribution is -2.40. The van der Waals surface area contributed by atoms with E-state index in [1.54, 1.807) is 0 Å². The van der Waals surface area contributed by atoms with Gasteiger partial charge in [-0.05, 0) is 24.6 Å². The van der Waals surface area contributed by atoms with Gasteiger partial charge in [-0.2, -0.15) is 4.31 Å². The van der Waals surface area contributed by atoms with Crippen molar-refractivity contribution in [2.45, 2.75) is 18.2 Å². The van der Waals surface area contributed by atoms with Crippen LogP contribution in [-0.2, 0) is 19.6 Å². The molecule has 2 N–H and O–H groups in total. The number of carbonyl (C=O) groups is 2. The van der Waals surface area contributed by atoms with Crippen molar-refractivity contribution in [3.05, 3.63) is 28.8 Å². The van der Waals surface area contributed by atoms with Crippen LogP contribution in [0.2, 0.25) is 5.02 Å². The Hall–Kier alpha value is -1.68. The van der Waals surface area contributed by atoms with Crippen LogP contribution >= 0.6 is 11.6 Å². The van der Waals surface area contributed by atoms with Crippen molar-refractivity contribution in [3.63, 3.8) is 0 Å². The highest BCUT2D eigenvalue weighted by molar-refractivity contribution is 7.89. The summed E-state index contributed by atoms with van der Waals surface area (Å²) >= 11 is 6.04. The number of carbonyl (C=O) groups excluding carboxylic acids is 2. The molecule has 1 aliphatic rings. The van der Waals surface area contributed by atoms with Crippen LogP contribution in [-0.4, -0.2) is 63.9 Å². The maximum absolute atomic E-state index is 12.7. The molecular formula is C16H22ClN3O5S. The maximum Gasteiger partial charge on any atom is 0.253 e. The van der Waals surface area contributed by atoms with E-state index in [1.165, 1.54) is 22.5 Å².